The average molecular weight is 376 g/mol. The monoisotopic (exact) mass is 376 g/mol. The summed E-state index contributed by atoms with van der Waals surface area (Å²) in [5, 5.41) is 6.24. The summed E-state index contributed by atoms with van der Waals surface area (Å²) in [4.78, 5) is 33.3. The predicted molar refractivity (Wildman–Crippen MR) is 107 cm³/mol. The van der Waals surface area contributed by atoms with Crippen LogP contribution in [0.15, 0.2) is 71.2 Å². The molecule has 0 saturated carbocycles. The van der Waals surface area contributed by atoms with Crippen LogP contribution in [0.5, 0.6) is 0 Å². The van der Waals surface area contributed by atoms with Gasteiger partial charge in [0.15, 0.2) is 0 Å². The molecule has 0 fully saturated rings. The molecule has 0 aliphatic carbocycles. The molecule has 27 heavy (non-hydrogen) atoms. The van der Waals surface area contributed by atoms with Crippen LogP contribution in [0.2, 0.25) is 0 Å². The maximum atomic E-state index is 12.5. The van der Waals surface area contributed by atoms with Gasteiger partial charge in [-0.1, -0.05) is 24.3 Å². The summed E-state index contributed by atoms with van der Waals surface area (Å²) in [6.45, 7) is 0.272. The Kier molecular flexibility index (Phi) is 4.76. The average Bonchev–Trinajstić information content (AvgIpc) is 3.23. The van der Waals surface area contributed by atoms with Crippen molar-refractivity contribution in [2.45, 2.75) is 13.0 Å². The fourth-order valence-corrected chi connectivity index (χ4v) is 3.44. The molecule has 134 valence electrons. The van der Waals surface area contributed by atoms with Crippen molar-refractivity contribution in [3.63, 3.8) is 0 Å². The number of amides is 1. The summed E-state index contributed by atoms with van der Waals surface area (Å²) in [5.74, 6) is -0.161. The smallest absolute Gasteiger partial charge is 0.261 e. The lowest BCUT2D eigenvalue weighted by Crippen LogP contribution is -2.23. The van der Waals surface area contributed by atoms with Crippen LogP contribution in [-0.4, -0.2) is 20.4 Å². The van der Waals surface area contributed by atoms with Crippen molar-refractivity contribution >= 4 is 33.8 Å². The molecule has 1 amide bonds. The number of hydrogen-bond donors (Lipinski definition) is 1. The second-order valence-corrected chi connectivity index (χ2v) is 6.87. The van der Waals surface area contributed by atoms with Gasteiger partial charge in [0, 0.05) is 35.8 Å². The Morgan fingerprint density at radius 1 is 1.11 bits per heavy atom. The Hall–Kier alpha value is -3.32. The molecule has 0 aliphatic rings. The van der Waals surface area contributed by atoms with Crippen LogP contribution >= 0.6 is 11.3 Å². The fourth-order valence-electron chi connectivity index (χ4n) is 2.81. The molecule has 4 rings (SSSR count). The van der Waals surface area contributed by atoms with Crippen molar-refractivity contribution in [1.82, 2.24) is 14.5 Å². The summed E-state index contributed by atoms with van der Waals surface area (Å²) in [6, 6.07) is 14.7. The van der Waals surface area contributed by atoms with Gasteiger partial charge in [-0.05, 0) is 24.3 Å². The van der Waals surface area contributed by atoms with Crippen molar-refractivity contribution < 1.29 is 4.79 Å². The van der Waals surface area contributed by atoms with Crippen molar-refractivity contribution in [1.29, 1.82) is 0 Å². The molecular weight excluding hydrogens is 360 g/mol. The number of para-hydroxylation sites is 1. The first-order chi connectivity index (χ1) is 13.2. The highest BCUT2D eigenvalue weighted by molar-refractivity contribution is 7.13. The van der Waals surface area contributed by atoms with Crippen LogP contribution in [-0.2, 0) is 11.3 Å². The number of nitrogens with zero attached hydrogens (tertiary/aromatic N) is 3. The Balaban J connectivity index is 1.44. The van der Waals surface area contributed by atoms with E-state index in [1.165, 1.54) is 10.9 Å². The molecule has 6 nitrogen and oxygen atoms in total. The van der Waals surface area contributed by atoms with E-state index in [4.69, 9.17) is 0 Å². The minimum absolute atomic E-state index is 0.140. The third-order valence-corrected chi connectivity index (χ3v) is 4.96. The lowest BCUT2D eigenvalue weighted by molar-refractivity contribution is -0.116. The molecule has 0 aliphatic heterocycles. The van der Waals surface area contributed by atoms with Gasteiger partial charge in [0.1, 0.15) is 5.01 Å². The SMILES string of the molecule is O=C(CCn1cnc2ccccc2c1=O)Nc1cccc(-c2nccs2)c1. The van der Waals surface area contributed by atoms with E-state index in [-0.39, 0.29) is 24.4 Å². The number of hydrogen-bond acceptors (Lipinski definition) is 5. The number of fused-ring (bicyclic) bond motifs is 1. The summed E-state index contributed by atoms with van der Waals surface area (Å²) in [5.41, 5.74) is 2.18. The third-order valence-electron chi connectivity index (χ3n) is 4.14. The molecule has 7 heteroatoms. The van der Waals surface area contributed by atoms with E-state index >= 15 is 0 Å². The van der Waals surface area contributed by atoms with E-state index in [9.17, 15) is 9.59 Å². The number of thiazole rings is 1. The molecule has 2 heterocycles. The van der Waals surface area contributed by atoms with Crippen molar-refractivity contribution in [2.75, 3.05) is 5.32 Å². The Morgan fingerprint density at radius 2 is 2.00 bits per heavy atom. The first-order valence-electron chi connectivity index (χ1n) is 8.45. The lowest BCUT2D eigenvalue weighted by Gasteiger charge is -2.08. The maximum absolute atomic E-state index is 12.5. The van der Waals surface area contributed by atoms with Gasteiger partial charge in [0.2, 0.25) is 5.91 Å². The first-order valence-corrected chi connectivity index (χ1v) is 9.32. The van der Waals surface area contributed by atoms with Gasteiger partial charge in [-0.2, -0.15) is 0 Å². The van der Waals surface area contributed by atoms with Gasteiger partial charge < -0.3 is 5.32 Å². The standard InChI is InChI=1S/C20H16N4O2S/c25-18(23-15-5-3-4-14(12-15)19-21-9-11-27-19)8-10-24-13-22-17-7-2-1-6-16(17)20(24)26/h1-7,9,11-13H,8,10H2,(H,23,25). The molecule has 2 aromatic heterocycles. The van der Waals surface area contributed by atoms with Gasteiger partial charge >= 0.3 is 0 Å². The van der Waals surface area contributed by atoms with Gasteiger partial charge in [-0.25, -0.2) is 9.97 Å². The van der Waals surface area contributed by atoms with E-state index in [2.05, 4.69) is 15.3 Å². The molecular formula is C20H16N4O2S. The Morgan fingerprint density at radius 3 is 2.85 bits per heavy atom. The van der Waals surface area contributed by atoms with Crippen molar-refractivity contribution in [2.24, 2.45) is 0 Å². The highest BCUT2D eigenvalue weighted by Gasteiger charge is 2.08. The molecule has 1 N–H and O–H groups in total. The lowest BCUT2D eigenvalue weighted by atomic mass is 10.2. The summed E-state index contributed by atoms with van der Waals surface area (Å²) in [6.07, 6.45) is 3.42. The zero-order valence-corrected chi connectivity index (χ0v) is 15.1. The second kappa shape index (κ2) is 7.51. The highest BCUT2D eigenvalue weighted by atomic mass is 32.1. The number of anilines is 1. The van der Waals surface area contributed by atoms with Crippen LogP contribution in [0.4, 0.5) is 5.69 Å². The van der Waals surface area contributed by atoms with Crippen LogP contribution < -0.4 is 10.9 Å². The van der Waals surface area contributed by atoms with Crippen LogP contribution in [0.25, 0.3) is 21.5 Å². The molecule has 0 atom stereocenters. The number of aryl methyl sites for hydroxylation is 1. The van der Waals surface area contributed by atoms with Gasteiger partial charge in [0.25, 0.3) is 5.56 Å². The normalized spacial score (nSPS) is 10.8. The molecule has 0 spiro atoms. The zero-order chi connectivity index (χ0) is 18.6. The summed E-state index contributed by atoms with van der Waals surface area (Å²) < 4.78 is 1.47. The topological polar surface area (TPSA) is 76.9 Å². The van der Waals surface area contributed by atoms with E-state index in [1.54, 1.807) is 35.7 Å². The third kappa shape index (κ3) is 3.78. The largest absolute Gasteiger partial charge is 0.326 e. The molecule has 0 saturated heterocycles. The molecule has 0 bridgehead atoms. The molecule has 2 aromatic carbocycles. The number of benzene rings is 2. The number of rotatable bonds is 5. The van der Waals surface area contributed by atoms with Crippen molar-refractivity contribution in [3.05, 3.63) is 76.8 Å². The number of carbonyl (C=O) groups is 1. The zero-order valence-electron chi connectivity index (χ0n) is 14.3. The highest BCUT2D eigenvalue weighted by Crippen LogP contribution is 2.24. The van der Waals surface area contributed by atoms with Gasteiger partial charge in [-0.3, -0.25) is 14.2 Å². The van der Waals surface area contributed by atoms with Crippen LogP contribution in [0.3, 0.4) is 0 Å². The number of aromatic nitrogens is 3. The van der Waals surface area contributed by atoms with Gasteiger partial charge in [0.05, 0.1) is 17.2 Å². The van der Waals surface area contributed by atoms with Crippen LogP contribution in [0, 0.1) is 0 Å². The van der Waals surface area contributed by atoms with E-state index in [0.29, 0.717) is 16.6 Å². The summed E-state index contributed by atoms with van der Waals surface area (Å²) >= 11 is 1.54. The first kappa shape index (κ1) is 17.1. The van der Waals surface area contributed by atoms with Crippen molar-refractivity contribution in [3.8, 4) is 10.6 Å². The quantitative estimate of drug-likeness (QED) is 0.578. The minimum atomic E-state index is -0.161. The maximum Gasteiger partial charge on any atom is 0.261 e. The Labute approximate surface area is 159 Å². The predicted octanol–water partition coefficient (Wildman–Crippen LogP) is 3.55. The number of carbonyl (C=O) groups excluding carboxylic acids is 1. The summed E-state index contributed by atoms with van der Waals surface area (Å²) in [7, 11) is 0. The second-order valence-electron chi connectivity index (χ2n) is 5.98. The minimum Gasteiger partial charge on any atom is -0.326 e. The fraction of sp³-hybridized carbons (Fsp3) is 0.100. The molecule has 0 unspecified atom stereocenters. The number of nitrogens with one attached hydrogen (secondary N) is 1. The Bertz CT molecular complexity index is 1150. The van der Waals surface area contributed by atoms with E-state index < -0.39 is 0 Å². The van der Waals surface area contributed by atoms with E-state index in [0.717, 1.165) is 10.6 Å². The van der Waals surface area contributed by atoms with Gasteiger partial charge in [-0.15, -0.1) is 11.3 Å². The van der Waals surface area contributed by atoms with Crippen LogP contribution in [0.1, 0.15) is 6.42 Å². The van der Waals surface area contributed by atoms with E-state index in [1.807, 2.05) is 35.7 Å². The molecule has 0 radical (unpaired) electrons. The molecule has 4 aromatic rings.